The lowest BCUT2D eigenvalue weighted by atomic mass is 10.1. The molecule has 2 aromatic rings. The zero-order valence-corrected chi connectivity index (χ0v) is 13.0. The Hall–Kier alpha value is -2.70. The average molecular weight is 338 g/mol. The third-order valence-electron chi connectivity index (χ3n) is 3.17. The molecule has 0 fully saturated rings. The van der Waals surface area contributed by atoms with Crippen LogP contribution in [0.5, 0.6) is 5.75 Å². The summed E-state index contributed by atoms with van der Waals surface area (Å²) in [5.41, 5.74) is 2.25. The van der Waals surface area contributed by atoms with Gasteiger partial charge >= 0.3 is 12.4 Å². The van der Waals surface area contributed by atoms with E-state index in [1.54, 1.807) is 6.07 Å². The van der Waals surface area contributed by atoms with Crippen molar-refractivity contribution in [2.45, 2.75) is 26.4 Å². The Morgan fingerprint density at radius 2 is 1.75 bits per heavy atom. The van der Waals surface area contributed by atoms with E-state index >= 15 is 0 Å². The minimum atomic E-state index is -4.77. The highest BCUT2D eigenvalue weighted by atomic mass is 19.4. The molecule has 0 aliphatic rings. The monoisotopic (exact) mass is 338 g/mol. The maximum absolute atomic E-state index is 12.3. The molecule has 0 aliphatic heterocycles. The van der Waals surface area contributed by atoms with Crippen LogP contribution in [-0.2, 0) is 13.1 Å². The number of benzene rings is 2. The molecule has 0 saturated heterocycles. The topological polar surface area (TPSA) is 50.4 Å². The van der Waals surface area contributed by atoms with Crippen LogP contribution in [0.1, 0.15) is 16.7 Å². The van der Waals surface area contributed by atoms with Gasteiger partial charge in [0.2, 0.25) is 0 Å². The van der Waals surface area contributed by atoms with Crippen LogP contribution in [0.25, 0.3) is 0 Å². The van der Waals surface area contributed by atoms with Gasteiger partial charge in [-0.3, -0.25) is 0 Å². The summed E-state index contributed by atoms with van der Waals surface area (Å²) in [7, 11) is 0. The van der Waals surface area contributed by atoms with Crippen LogP contribution in [0.2, 0.25) is 0 Å². The molecule has 2 amide bonds. The minimum absolute atomic E-state index is 0.0775. The van der Waals surface area contributed by atoms with Crippen LogP contribution in [0.3, 0.4) is 0 Å². The summed E-state index contributed by atoms with van der Waals surface area (Å²) >= 11 is 0. The van der Waals surface area contributed by atoms with Gasteiger partial charge in [-0.15, -0.1) is 13.2 Å². The lowest BCUT2D eigenvalue weighted by Crippen LogP contribution is -2.34. The Morgan fingerprint density at radius 3 is 2.46 bits per heavy atom. The van der Waals surface area contributed by atoms with E-state index in [1.165, 1.54) is 18.2 Å². The lowest BCUT2D eigenvalue weighted by molar-refractivity contribution is -0.274. The van der Waals surface area contributed by atoms with E-state index in [9.17, 15) is 18.0 Å². The Balaban J connectivity index is 1.88. The number of alkyl halides is 3. The molecule has 0 heterocycles. The molecule has 7 heteroatoms. The molecule has 24 heavy (non-hydrogen) atoms. The van der Waals surface area contributed by atoms with Crippen LogP contribution in [0.4, 0.5) is 18.0 Å². The number of aryl methyl sites for hydroxylation is 1. The molecular weight excluding hydrogens is 321 g/mol. The number of para-hydroxylation sites is 1. The fourth-order valence-corrected chi connectivity index (χ4v) is 2.12. The van der Waals surface area contributed by atoms with E-state index in [1.807, 2.05) is 31.2 Å². The van der Waals surface area contributed by atoms with Crippen molar-refractivity contribution in [3.63, 3.8) is 0 Å². The van der Waals surface area contributed by atoms with Crippen molar-refractivity contribution in [2.75, 3.05) is 0 Å². The Morgan fingerprint density at radius 1 is 1.04 bits per heavy atom. The van der Waals surface area contributed by atoms with Crippen molar-refractivity contribution in [1.82, 2.24) is 10.6 Å². The molecular formula is C17H17F3N2O2. The predicted molar refractivity (Wildman–Crippen MR) is 83.4 cm³/mol. The summed E-state index contributed by atoms with van der Waals surface area (Å²) in [6, 6.07) is 12.8. The van der Waals surface area contributed by atoms with Crippen molar-refractivity contribution in [3.05, 3.63) is 65.2 Å². The van der Waals surface area contributed by atoms with Gasteiger partial charge in [0.15, 0.2) is 0 Å². The number of urea groups is 1. The average Bonchev–Trinajstić information content (AvgIpc) is 2.51. The number of rotatable bonds is 5. The second-order valence-electron chi connectivity index (χ2n) is 5.18. The SMILES string of the molecule is Cc1cccc(CNC(=O)NCc2ccccc2OC(F)(F)F)c1. The summed E-state index contributed by atoms with van der Waals surface area (Å²) in [4.78, 5) is 11.8. The van der Waals surface area contributed by atoms with E-state index in [2.05, 4.69) is 15.4 Å². The standard InChI is InChI=1S/C17H17F3N2O2/c1-12-5-4-6-13(9-12)10-21-16(23)22-11-14-7-2-3-8-15(14)24-17(18,19)20/h2-9H,10-11H2,1H3,(H2,21,22,23). The molecule has 2 aromatic carbocycles. The molecule has 128 valence electrons. The van der Waals surface area contributed by atoms with Gasteiger partial charge in [-0.1, -0.05) is 48.0 Å². The first kappa shape index (κ1) is 17.7. The van der Waals surface area contributed by atoms with Crippen molar-refractivity contribution >= 4 is 6.03 Å². The molecule has 4 nitrogen and oxygen atoms in total. The van der Waals surface area contributed by atoms with Gasteiger partial charge in [0.1, 0.15) is 5.75 Å². The third-order valence-corrected chi connectivity index (χ3v) is 3.17. The van der Waals surface area contributed by atoms with Gasteiger partial charge in [0, 0.05) is 18.7 Å². The lowest BCUT2D eigenvalue weighted by Gasteiger charge is -2.14. The Kier molecular flexibility index (Phi) is 5.68. The highest BCUT2D eigenvalue weighted by molar-refractivity contribution is 5.73. The maximum atomic E-state index is 12.3. The number of nitrogens with one attached hydrogen (secondary N) is 2. The number of carbonyl (C=O) groups is 1. The van der Waals surface area contributed by atoms with Crippen molar-refractivity contribution in [1.29, 1.82) is 0 Å². The molecule has 0 radical (unpaired) electrons. The van der Waals surface area contributed by atoms with E-state index in [0.717, 1.165) is 11.1 Å². The number of hydrogen-bond acceptors (Lipinski definition) is 2. The fourth-order valence-electron chi connectivity index (χ4n) is 2.12. The van der Waals surface area contributed by atoms with Crippen LogP contribution in [0.15, 0.2) is 48.5 Å². The normalized spacial score (nSPS) is 11.0. The van der Waals surface area contributed by atoms with Crippen LogP contribution in [-0.4, -0.2) is 12.4 Å². The molecule has 0 saturated carbocycles. The molecule has 0 aromatic heterocycles. The van der Waals surface area contributed by atoms with E-state index in [4.69, 9.17) is 0 Å². The van der Waals surface area contributed by atoms with E-state index in [-0.39, 0.29) is 17.9 Å². The van der Waals surface area contributed by atoms with Gasteiger partial charge in [0.05, 0.1) is 0 Å². The van der Waals surface area contributed by atoms with Crippen LogP contribution in [0, 0.1) is 6.92 Å². The van der Waals surface area contributed by atoms with Crippen LogP contribution >= 0.6 is 0 Å². The van der Waals surface area contributed by atoms with Gasteiger partial charge < -0.3 is 15.4 Å². The summed E-state index contributed by atoms with van der Waals surface area (Å²) in [6.07, 6.45) is -4.77. The summed E-state index contributed by atoms with van der Waals surface area (Å²) in [6.45, 7) is 2.20. The van der Waals surface area contributed by atoms with Crippen molar-refractivity contribution in [2.24, 2.45) is 0 Å². The van der Waals surface area contributed by atoms with E-state index < -0.39 is 12.4 Å². The zero-order valence-electron chi connectivity index (χ0n) is 13.0. The largest absolute Gasteiger partial charge is 0.573 e. The minimum Gasteiger partial charge on any atom is -0.405 e. The second-order valence-corrected chi connectivity index (χ2v) is 5.18. The molecule has 2 rings (SSSR count). The molecule has 0 atom stereocenters. The Bertz CT molecular complexity index is 702. The highest BCUT2D eigenvalue weighted by Gasteiger charge is 2.31. The van der Waals surface area contributed by atoms with Gasteiger partial charge in [0.25, 0.3) is 0 Å². The number of hydrogen-bond donors (Lipinski definition) is 2. The number of halogens is 3. The van der Waals surface area contributed by atoms with Crippen molar-refractivity contribution in [3.8, 4) is 5.75 Å². The smallest absolute Gasteiger partial charge is 0.405 e. The quantitative estimate of drug-likeness (QED) is 0.869. The first-order chi connectivity index (χ1) is 11.3. The van der Waals surface area contributed by atoms with Crippen molar-refractivity contribution < 1.29 is 22.7 Å². The van der Waals surface area contributed by atoms with E-state index in [0.29, 0.717) is 6.54 Å². The molecule has 2 N–H and O–H groups in total. The number of ether oxygens (including phenoxy) is 1. The molecule has 0 unspecified atom stereocenters. The molecule has 0 bridgehead atoms. The zero-order chi connectivity index (χ0) is 17.6. The molecule has 0 spiro atoms. The highest BCUT2D eigenvalue weighted by Crippen LogP contribution is 2.25. The fraction of sp³-hybridized carbons (Fsp3) is 0.235. The summed E-state index contributed by atoms with van der Waals surface area (Å²) < 4.78 is 41.0. The third kappa shape index (κ3) is 5.83. The Labute approximate surface area is 137 Å². The molecule has 0 aliphatic carbocycles. The summed E-state index contributed by atoms with van der Waals surface area (Å²) in [5, 5.41) is 5.16. The maximum Gasteiger partial charge on any atom is 0.573 e. The predicted octanol–water partition coefficient (Wildman–Crippen LogP) is 3.89. The summed E-state index contributed by atoms with van der Waals surface area (Å²) in [5.74, 6) is -0.330. The second kappa shape index (κ2) is 7.72. The van der Waals surface area contributed by atoms with Gasteiger partial charge in [-0.25, -0.2) is 4.79 Å². The van der Waals surface area contributed by atoms with Crippen LogP contribution < -0.4 is 15.4 Å². The first-order valence-corrected chi connectivity index (χ1v) is 7.24. The first-order valence-electron chi connectivity index (χ1n) is 7.24. The van der Waals surface area contributed by atoms with Gasteiger partial charge in [-0.2, -0.15) is 0 Å². The van der Waals surface area contributed by atoms with Gasteiger partial charge in [-0.05, 0) is 18.6 Å². The number of amides is 2. The number of carbonyl (C=O) groups excluding carboxylic acids is 1.